The Balaban J connectivity index is 1.78. The minimum Gasteiger partial charge on any atom is -0.364 e. The molecule has 1 N–H and O–H groups in total. The molecule has 2 fully saturated rings. The first-order chi connectivity index (χ1) is 9.69. The van der Waals surface area contributed by atoms with Crippen molar-refractivity contribution in [2.24, 2.45) is 0 Å². The van der Waals surface area contributed by atoms with Gasteiger partial charge in [-0.15, -0.1) is 0 Å². The molecule has 2 heterocycles. The second-order valence-electron chi connectivity index (χ2n) is 6.01. The minimum atomic E-state index is 0.703. The second-order valence-corrected chi connectivity index (χ2v) is 7.78. The van der Waals surface area contributed by atoms with Crippen LogP contribution < -0.4 is 10.2 Å². The maximum absolute atomic E-state index is 3.73. The molecule has 0 saturated carbocycles. The monoisotopic (exact) mass is 400 g/mol. The molecular weight excluding hydrogens is 380 g/mol. The van der Waals surface area contributed by atoms with Crippen molar-refractivity contribution >= 4 is 37.5 Å². The van der Waals surface area contributed by atoms with E-state index < -0.39 is 0 Å². The van der Waals surface area contributed by atoms with Gasteiger partial charge in [-0.2, -0.15) is 0 Å². The largest absolute Gasteiger partial charge is 0.364 e. The zero-order valence-electron chi connectivity index (χ0n) is 11.9. The van der Waals surface area contributed by atoms with E-state index >= 15 is 0 Å². The van der Waals surface area contributed by atoms with Crippen LogP contribution in [-0.4, -0.2) is 24.7 Å². The third-order valence-electron chi connectivity index (χ3n) is 4.60. The molecule has 2 bridgehead atoms. The normalized spacial score (nSPS) is 28.9. The van der Waals surface area contributed by atoms with Gasteiger partial charge in [0.15, 0.2) is 0 Å². The Labute approximate surface area is 138 Å². The van der Waals surface area contributed by atoms with Crippen molar-refractivity contribution in [1.29, 1.82) is 0 Å². The summed E-state index contributed by atoms with van der Waals surface area (Å²) in [4.78, 5) is 2.67. The van der Waals surface area contributed by atoms with Crippen molar-refractivity contribution in [2.45, 2.75) is 57.2 Å². The number of rotatable bonds is 4. The predicted octanol–water partition coefficient (Wildman–Crippen LogP) is 4.71. The second kappa shape index (κ2) is 6.37. The van der Waals surface area contributed by atoms with Crippen molar-refractivity contribution < 1.29 is 0 Å². The van der Waals surface area contributed by atoms with Gasteiger partial charge in [0.25, 0.3) is 0 Å². The van der Waals surface area contributed by atoms with Gasteiger partial charge in [0.1, 0.15) is 0 Å². The molecular formula is C16H22Br2N2. The average Bonchev–Trinajstić information content (AvgIpc) is 2.70. The smallest absolute Gasteiger partial charge is 0.0526 e. The van der Waals surface area contributed by atoms with E-state index in [1.54, 1.807) is 0 Å². The number of nitrogens with zero attached hydrogens (tertiary/aromatic N) is 1. The molecule has 0 amide bonds. The molecule has 1 aromatic carbocycles. The number of nitrogens with one attached hydrogen (secondary N) is 1. The molecule has 0 aromatic heterocycles. The van der Waals surface area contributed by atoms with Crippen LogP contribution in [0.2, 0.25) is 0 Å². The van der Waals surface area contributed by atoms with Crippen molar-refractivity contribution in [1.82, 2.24) is 5.32 Å². The number of hydrogen-bond donors (Lipinski definition) is 1. The summed E-state index contributed by atoms with van der Waals surface area (Å²) in [5, 5.41) is 3.72. The first-order valence-corrected chi connectivity index (χ1v) is 9.24. The summed E-state index contributed by atoms with van der Waals surface area (Å²) in [6.45, 7) is 3.40. The highest BCUT2D eigenvalue weighted by molar-refractivity contribution is 9.11. The van der Waals surface area contributed by atoms with Gasteiger partial charge >= 0.3 is 0 Å². The van der Waals surface area contributed by atoms with Gasteiger partial charge in [-0.05, 0) is 72.8 Å². The molecule has 20 heavy (non-hydrogen) atoms. The molecule has 2 nitrogen and oxygen atoms in total. The number of halogens is 2. The highest BCUT2D eigenvalue weighted by Gasteiger charge is 2.41. The maximum Gasteiger partial charge on any atom is 0.0526 e. The molecule has 1 aromatic rings. The van der Waals surface area contributed by atoms with Crippen LogP contribution in [0.3, 0.4) is 0 Å². The molecule has 2 saturated heterocycles. The highest BCUT2D eigenvalue weighted by Crippen LogP contribution is 2.42. The Morgan fingerprint density at radius 1 is 1.20 bits per heavy atom. The standard InChI is InChI=1S/C16H22Br2N2/c1-2-7-19-12-9-13-4-5-14(10-12)20(13)16-8-11(17)3-6-15(16)18/h3,6,8,12-14,19H,2,4-5,7,9-10H2,1H3. The summed E-state index contributed by atoms with van der Waals surface area (Å²) in [6, 6.07) is 8.64. The molecule has 2 atom stereocenters. The maximum atomic E-state index is 3.73. The van der Waals surface area contributed by atoms with Crippen LogP contribution in [0, 0.1) is 0 Å². The zero-order chi connectivity index (χ0) is 14.1. The SMILES string of the molecule is CCCNC1CC2CCC(C1)N2c1cc(Br)ccc1Br. The summed E-state index contributed by atoms with van der Waals surface area (Å²) < 4.78 is 2.39. The summed E-state index contributed by atoms with van der Waals surface area (Å²) in [6.07, 6.45) is 6.49. The fraction of sp³-hybridized carbons (Fsp3) is 0.625. The van der Waals surface area contributed by atoms with Gasteiger partial charge in [0.2, 0.25) is 0 Å². The lowest BCUT2D eigenvalue weighted by Crippen LogP contribution is -2.49. The van der Waals surface area contributed by atoms with Crippen LogP contribution in [0.4, 0.5) is 5.69 Å². The van der Waals surface area contributed by atoms with E-state index in [9.17, 15) is 0 Å². The Hall–Kier alpha value is -0.0600. The molecule has 4 heteroatoms. The van der Waals surface area contributed by atoms with Crippen molar-refractivity contribution in [3.8, 4) is 0 Å². The Morgan fingerprint density at radius 2 is 1.90 bits per heavy atom. The summed E-state index contributed by atoms with van der Waals surface area (Å²) in [7, 11) is 0. The van der Waals surface area contributed by atoms with Crippen molar-refractivity contribution in [3.05, 3.63) is 27.1 Å². The van der Waals surface area contributed by atoms with Gasteiger partial charge in [0.05, 0.1) is 5.69 Å². The van der Waals surface area contributed by atoms with Gasteiger partial charge in [-0.3, -0.25) is 0 Å². The lowest BCUT2D eigenvalue weighted by atomic mass is 9.96. The topological polar surface area (TPSA) is 15.3 Å². The number of piperidine rings is 1. The summed E-state index contributed by atoms with van der Waals surface area (Å²) in [5.74, 6) is 0. The van der Waals surface area contributed by atoms with E-state index in [0.717, 1.165) is 12.6 Å². The minimum absolute atomic E-state index is 0.703. The Morgan fingerprint density at radius 3 is 2.55 bits per heavy atom. The van der Waals surface area contributed by atoms with Crippen LogP contribution in [0.15, 0.2) is 27.1 Å². The van der Waals surface area contributed by atoms with Crippen molar-refractivity contribution in [3.63, 3.8) is 0 Å². The third kappa shape index (κ3) is 2.93. The fourth-order valence-corrected chi connectivity index (χ4v) is 4.57. The molecule has 0 aliphatic carbocycles. The molecule has 2 aliphatic rings. The number of anilines is 1. The summed E-state index contributed by atoms with van der Waals surface area (Å²) >= 11 is 7.34. The number of fused-ring (bicyclic) bond motifs is 2. The molecule has 2 aliphatic heterocycles. The quantitative estimate of drug-likeness (QED) is 0.785. The van der Waals surface area contributed by atoms with Crippen LogP contribution in [0.25, 0.3) is 0 Å². The average molecular weight is 402 g/mol. The first kappa shape index (κ1) is 14.9. The van der Waals surface area contributed by atoms with E-state index in [-0.39, 0.29) is 0 Å². The van der Waals surface area contributed by atoms with Crippen LogP contribution in [0.5, 0.6) is 0 Å². The van der Waals surface area contributed by atoms with E-state index in [2.05, 4.69) is 67.2 Å². The van der Waals surface area contributed by atoms with E-state index in [1.807, 2.05) is 0 Å². The summed E-state index contributed by atoms with van der Waals surface area (Å²) in [5.41, 5.74) is 1.36. The van der Waals surface area contributed by atoms with Gasteiger partial charge < -0.3 is 10.2 Å². The predicted molar refractivity (Wildman–Crippen MR) is 92.4 cm³/mol. The van der Waals surface area contributed by atoms with Gasteiger partial charge in [-0.1, -0.05) is 22.9 Å². The van der Waals surface area contributed by atoms with Crippen LogP contribution >= 0.6 is 31.9 Å². The third-order valence-corrected chi connectivity index (χ3v) is 5.77. The molecule has 3 rings (SSSR count). The van der Waals surface area contributed by atoms with Crippen LogP contribution in [0.1, 0.15) is 39.0 Å². The molecule has 0 spiro atoms. The van der Waals surface area contributed by atoms with Gasteiger partial charge in [0, 0.05) is 27.1 Å². The lowest BCUT2D eigenvalue weighted by Gasteiger charge is -2.41. The molecule has 0 radical (unpaired) electrons. The first-order valence-electron chi connectivity index (χ1n) is 7.65. The fourth-order valence-electron chi connectivity index (χ4n) is 3.77. The lowest BCUT2D eigenvalue weighted by molar-refractivity contribution is 0.356. The zero-order valence-corrected chi connectivity index (χ0v) is 15.1. The van der Waals surface area contributed by atoms with E-state index in [1.165, 1.54) is 46.7 Å². The Kier molecular flexibility index (Phi) is 4.73. The van der Waals surface area contributed by atoms with E-state index in [4.69, 9.17) is 0 Å². The number of hydrogen-bond acceptors (Lipinski definition) is 2. The molecule has 2 unspecified atom stereocenters. The van der Waals surface area contributed by atoms with Gasteiger partial charge in [-0.25, -0.2) is 0 Å². The molecule has 110 valence electrons. The van der Waals surface area contributed by atoms with Crippen LogP contribution in [-0.2, 0) is 0 Å². The number of benzene rings is 1. The highest BCUT2D eigenvalue weighted by atomic mass is 79.9. The van der Waals surface area contributed by atoms with Crippen molar-refractivity contribution in [2.75, 3.05) is 11.4 Å². The van der Waals surface area contributed by atoms with E-state index in [0.29, 0.717) is 12.1 Å². The Bertz CT molecular complexity index is 464.